The lowest BCUT2D eigenvalue weighted by Crippen LogP contribution is -2.59. The molecule has 16 heteroatoms. The predicted octanol–water partition coefficient (Wildman–Crippen LogP) is -1.89. The summed E-state index contributed by atoms with van der Waals surface area (Å²) in [6.07, 6.45) is 0.401. The van der Waals surface area contributed by atoms with Crippen molar-refractivity contribution in [2.24, 2.45) is 11.7 Å². The van der Waals surface area contributed by atoms with Gasteiger partial charge in [0.15, 0.2) is 0 Å². The van der Waals surface area contributed by atoms with Crippen molar-refractivity contribution >= 4 is 53.3 Å². The molecule has 0 saturated carbocycles. The molecule has 0 aromatic rings. The van der Waals surface area contributed by atoms with Gasteiger partial charge in [-0.3, -0.25) is 33.6 Å². The van der Waals surface area contributed by atoms with Crippen molar-refractivity contribution in [3.05, 3.63) is 0 Å². The molecule has 0 fully saturated rings. The van der Waals surface area contributed by atoms with Gasteiger partial charge in [0, 0.05) is 6.42 Å². The van der Waals surface area contributed by atoms with Gasteiger partial charge in [0.2, 0.25) is 23.6 Å². The normalized spacial score (nSPS) is 14.8. The molecule has 0 radical (unpaired) electrons. The zero-order valence-electron chi connectivity index (χ0n) is 21.7. The highest BCUT2D eigenvalue weighted by Gasteiger charge is 2.33. The number of nitrogens with one attached hydrogen (secondary N) is 4. The minimum atomic E-state index is -1.56. The summed E-state index contributed by atoms with van der Waals surface area (Å²) in [5.41, 5.74) is 5.78. The maximum absolute atomic E-state index is 13.0. The Hall–Kier alpha value is -3.40. The molecule has 4 amide bonds. The molecule has 5 atom stereocenters. The highest BCUT2D eigenvalue weighted by Crippen LogP contribution is 2.07. The highest BCUT2D eigenvalue weighted by atomic mass is 32.2. The Balaban J connectivity index is 5.67. The summed E-state index contributed by atoms with van der Waals surface area (Å²) < 4.78 is 0. The van der Waals surface area contributed by atoms with E-state index >= 15 is 0 Å². The van der Waals surface area contributed by atoms with Crippen LogP contribution in [0.2, 0.25) is 0 Å². The van der Waals surface area contributed by atoms with Gasteiger partial charge < -0.3 is 42.3 Å². The van der Waals surface area contributed by atoms with Gasteiger partial charge in [-0.2, -0.15) is 11.8 Å². The fourth-order valence-corrected chi connectivity index (χ4v) is 3.49. The topological polar surface area (TPSA) is 254 Å². The molecule has 0 aliphatic carbocycles. The Kier molecular flexibility index (Phi) is 15.6. The summed E-state index contributed by atoms with van der Waals surface area (Å²) in [4.78, 5) is 84.1. The maximum Gasteiger partial charge on any atom is 0.325 e. The average Bonchev–Trinajstić information content (AvgIpc) is 2.81. The molecule has 0 bridgehead atoms. The van der Waals surface area contributed by atoms with Crippen LogP contribution in [-0.2, 0) is 33.6 Å². The van der Waals surface area contributed by atoms with Crippen molar-refractivity contribution in [3.63, 3.8) is 0 Å². The maximum atomic E-state index is 13.0. The molecule has 0 spiro atoms. The zero-order chi connectivity index (χ0) is 29.6. The van der Waals surface area contributed by atoms with E-state index in [4.69, 9.17) is 15.9 Å². The summed E-state index contributed by atoms with van der Waals surface area (Å²) in [6.45, 7) is 4.27. The Morgan fingerprint density at radius 1 is 0.737 bits per heavy atom. The first-order chi connectivity index (χ1) is 17.6. The van der Waals surface area contributed by atoms with Crippen molar-refractivity contribution in [1.29, 1.82) is 0 Å². The van der Waals surface area contributed by atoms with Crippen molar-refractivity contribution in [2.45, 2.75) is 76.7 Å². The van der Waals surface area contributed by atoms with Gasteiger partial charge >= 0.3 is 17.9 Å². The van der Waals surface area contributed by atoms with E-state index in [1.54, 1.807) is 13.8 Å². The Morgan fingerprint density at radius 2 is 1.29 bits per heavy atom. The number of carboxylic acids is 3. The van der Waals surface area contributed by atoms with Crippen LogP contribution in [0, 0.1) is 5.92 Å². The molecule has 0 heterocycles. The van der Waals surface area contributed by atoms with Crippen LogP contribution in [0.1, 0.15) is 46.5 Å². The molecule has 0 saturated heterocycles. The Morgan fingerprint density at radius 3 is 1.76 bits per heavy atom. The summed E-state index contributed by atoms with van der Waals surface area (Å²) in [6, 6.07) is -6.63. The van der Waals surface area contributed by atoms with Crippen LogP contribution in [0.3, 0.4) is 0 Å². The molecule has 0 aliphatic heterocycles. The third-order valence-corrected chi connectivity index (χ3v) is 5.88. The van der Waals surface area contributed by atoms with Gasteiger partial charge in [0.1, 0.15) is 24.2 Å². The lowest BCUT2D eigenvalue weighted by molar-refractivity contribution is -0.142. The molecule has 9 N–H and O–H groups in total. The van der Waals surface area contributed by atoms with Gasteiger partial charge in [-0.25, -0.2) is 0 Å². The Labute approximate surface area is 224 Å². The second-order valence-corrected chi connectivity index (χ2v) is 9.82. The van der Waals surface area contributed by atoms with Crippen LogP contribution < -0.4 is 27.0 Å². The van der Waals surface area contributed by atoms with E-state index in [0.717, 1.165) is 0 Å². The quantitative estimate of drug-likeness (QED) is 0.0910. The van der Waals surface area contributed by atoms with Crippen LogP contribution in [0.4, 0.5) is 0 Å². The molecule has 0 unspecified atom stereocenters. The van der Waals surface area contributed by atoms with Crippen LogP contribution >= 0.6 is 11.8 Å². The molecule has 0 aliphatic rings. The summed E-state index contributed by atoms with van der Waals surface area (Å²) in [7, 11) is 0. The van der Waals surface area contributed by atoms with Crippen LogP contribution in [0.5, 0.6) is 0 Å². The number of aliphatic carboxylic acids is 3. The van der Waals surface area contributed by atoms with Crippen molar-refractivity contribution in [1.82, 2.24) is 21.3 Å². The zero-order valence-corrected chi connectivity index (χ0v) is 22.5. The average molecular weight is 564 g/mol. The van der Waals surface area contributed by atoms with Crippen LogP contribution in [-0.4, -0.2) is 99.1 Å². The van der Waals surface area contributed by atoms with E-state index < -0.39 is 90.5 Å². The van der Waals surface area contributed by atoms with E-state index in [9.17, 15) is 38.7 Å². The minimum Gasteiger partial charge on any atom is -0.481 e. The molecular weight excluding hydrogens is 526 g/mol. The molecule has 216 valence electrons. The fourth-order valence-electron chi connectivity index (χ4n) is 3.00. The first-order valence-electron chi connectivity index (χ1n) is 11.7. The largest absolute Gasteiger partial charge is 0.481 e. The summed E-state index contributed by atoms with van der Waals surface area (Å²) in [5, 5.41) is 36.3. The molecule has 0 aromatic carbocycles. The fraction of sp³-hybridized carbons (Fsp3) is 0.682. The third-order valence-electron chi connectivity index (χ3n) is 5.24. The van der Waals surface area contributed by atoms with Gasteiger partial charge in [-0.05, 0) is 37.7 Å². The van der Waals surface area contributed by atoms with Crippen molar-refractivity contribution < 1.29 is 48.9 Å². The molecule has 38 heavy (non-hydrogen) atoms. The third kappa shape index (κ3) is 13.2. The Bertz CT molecular complexity index is 885. The smallest absolute Gasteiger partial charge is 0.325 e. The van der Waals surface area contributed by atoms with Crippen molar-refractivity contribution in [2.75, 3.05) is 12.0 Å². The number of hydrogen-bond acceptors (Lipinski definition) is 9. The number of rotatable bonds is 18. The monoisotopic (exact) mass is 563 g/mol. The van der Waals surface area contributed by atoms with Crippen molar-refractivity contribution in [3.8, 4) is 0 Å². The second-order valence-electron chi connectivity index (χ2n) is 8.84. The number of carboxylic acid groups (broad SMARTS) is 3. The summed E-state index contributed by atoms with van der Waals surface area (Å²) in [5.74, 6) is -7.63. The predicted molar refractivity (Wildman–Crippen MR) is 136 cm³/mol. The van der Waals surface area contributed by atoms with E-state index in [1.165, 1.54) is 18.7 Å². The van der Waals surface area contributed by atoms with E-state index in [2.05, 4.69) is 21.3 Å². The van der Waals surface area contributed by atoms with Gasteiger partial charge in [0.25, 0.3) is 0 Å². The highest BCUT2D eigenvalue weighted by molar-refractivity contribution is 7.98. The number of thioether (sulfide) groups is 1. The van der Waals surface area contributed by atoms with E-state index in [-0.39, 0.29) is 12.8 Å². The SMILES string of the molecule is CSCC[C@H](N)C(=O)N[C@@H](CC(=O)O)C(=O)N[C@H](C(=O)N[C@@H](CCC(=O)O)C(=O)N[C@@H](C)C(=O)O)C(C)C. The van der Waals surface area contributed by atoms with E-state index in [1.807, 2.05) is 6.26 Å². The van der Waals surface area contributed by atoms with E-state index in [0.29, 0.717) is 5.75 Å². The molecule has 0 aromatic heterocycles. The second kappa shape index (κ2) is 17.2. The standard InChI is InChI=1S/C22H37N5O10S/c1-10(2)17(21(35)25-13(5-6-15(28)29)19(33)24-11(3)22(36)37)27-20(34)14(9-16(30)31)26-18(32)12(23)7-8-38-4/h10-14,17H,5-9,23H2,1-4H3,(H,24,33)(H,25,35)(H,26,32)(H,27,34)(H,28,29)(H,30,31)(H,36,37)/t11-,12-,13-,14-,17-/m0/s1. The van der Waals surface area contributed by atoms with Gasteiger partial charge in [0.05, 0.1) is 12.5 Å². The molecule has 15 nitrogen and oxygen atoms in total. The molecule has 0 rings (SSSR count). The lowest BCUT2D eigenvalue weighted by atomic mass is 10.0. The minimum absolute atomic E-state index is 0.283. The number of amides is 4. The summed E-state index contributed by atoms with van der Waals surface area (Å²) >= 11 is 1.45. The van der Waals surface area contributed by atoms with Crippen LogP contribution in [0.15, 0.2) is 0 Å². The number of hydrogen-bond donors (Lipinski definition) is 8. The van der Waals surface area contributed by atoms with Gasteiger partial charge in [-0.1, -0.05) is 13.8 Å². The number of nitrogens with two attached hydrogens (primary N) is 1. The van der Waals surface area contributed by atoms with Crippen LogP contribution in [0.25, 0.3) is 0 Å². The first-order valence-corrected chi connectivity index (χ1v) is 13.1. The number of carbonyl (C=O) groups excluding carboxylic acids is 4. The molecular formula is C22H37N5O10S. The first kappa shape index (κ1) is 34.6. The number of carbonyl (C=O) groups is 7. The lowest BCUT2D eigenvalue weighted by Gasteiger charge is -2.27. The van der Waals surface area contributed by atoms with Gasteiger partial charge in [-0.15, -0.1) is 0 Å².